The highest BCUT2D eigenvalue weighted by Gasteiger charge is 2.21. The molecule has 2 N–H and O–H groups in total. The van der Waals surface area contributed by atoms with Gasteiger partial charge in [0.15, 0.2) is 5.96 Å². The number of anilines is 1. The molecule has 0 aromatic heterocycles. The van der Waals surface area contributed by atoms with Gasteiger partial charge in [-0.3, -0.25) is 4.99 Å². The summed E-state index contributed by atoms with van der Waals surface area (Å²) in [7, 11) is 3.37. The van der Waals surface area contributed by atoms with Crippen molar-refractivity contribution in [2.45, 2.75) is 32.7 Å². The Hall–Kier alpha value is -1.38. The molecule has 142 valence electrons. The lowest BCUT2D eigenvalue weighted by Gasteiger charge is -2.34. The van der Waals surface area contributed by atoms with E-state index in [1.165, 1.54) is 0 Å². The second-order valence-electron chi connectivity index (χ2n) is 5.83. The van der Waals surface area contributed by atoms with E-state index in [9.17, 15) is 0 Å². The number of nitrogens with zero attached hydrogens (tertiary/aromatic N) is 2. The topological polar surface area (TPSA) is 58.1 Å². The molecule has 1 aromatic carbocycles. The molecule has 7 heteroatoms. The van der Waals surface area contributed by atoms with Crippen LogP contribution in [-0.2, 0) is 0 Å². The number of ether oxygens (including phenoxy) is 2. The molecule has 1 aliphatic rings. The molecule has 0 saturated carbocycles. The van der Waals surface area contributed by atoms with Crippen molar-refractivity contribution < 1.29 is 9.47 Å². The van der Waals surface area contributed by atoms with Crippen LogP contribution in [0.4, 0.5) is 5.69 Å². The van der Waals surface area contributed by atoms with Crippen LogP contribution in [0.15, 0.2) is 23.2 Å². The molecule has 1 fully saturated rings. The van der Waals surface area contributed by atoms with Gasteiger partial charge in [0.1, 0.15) is 11.5 Å². The number of methoxy groups -OCH3 is 2. The summed E-state index contributed by atoms with van der Waals surface area (Å²) in [5.74, 6) is 2.57. The van der Waals surface area contributed by atoms with E-state index in [2.05, 4.69) is 46.5 Å². The van der Waals surface area contributed by atoms with Crippen LogP contribution in [0.2, 0.25) is 0 Å². The maximum atomic E-state index is 5.37. The highest BCUT2D eigenvalue weighted by atomic mass is 127. The maximum Gasteiger partial charge on any atom is 0.191 e. The monoisotopic (exact) mass is 462 g/mol. The standard InChI is InChI=1S/C18H30N4O2.HI/c1-5-19-18(20-6-2)21-14-7-9-22(10-8-14)15-11-16(23-3)13-17(12-15)24-4;/h11-14H,5-10H2,1-4H3,(H2,19,20,21);1H. The van der Waals surface area contributed by atoms with Gasteiger partial charge in [-0.25, -0.2) is 0 Å². The number of aliphatic imine (C=N–C) groups is 1. The number of piperidine rings is 1. The summed E-state index contributed by atoms with van der Waals surface area (Å²) >= 11 is 0. The normalized spacial score (nSPS) is 15.4. The van der Waals surface area contributed by atoms with Crippen LogP contribution in [0.25, 0.3) is 0 Å². The second-order valence-corrected chi connectivity index (χ2v) is 5.83. The molecule has 0 aliphatic carbocycles. The van der Waals surface area contributed by atoms with Gasteiger partial charge < -0.3 is 25.0 Å². The fraction of sp³-hybridized carbons (Fsp3) is 0.611. The molecular weight excluding hydrogens is 431 g/mol. The molecule has 1 aromatic rings. The van der Waals surface area contributed by atoms with E-state index < -0.39 is 0 Å². The Morgan fingerprint density at radius 2 is 1.72 bits per heavy atom. The fourth-order valence-electron chi connectivity index (χ4n) is 2.93. The summed E-state index contributed by atoms with van der Waals surface area (Å²) in [6.45, 7) is 7.81. The number of guanidine groups is 1. The van der Waals surface area contributed by atoms with Gasteiger partial charge in [0.2, 0.25) is 0 Å². The molecule has 0 spiro atoms. The summed E-state index contributed by atoms with van der Waals surface area (Å²) in [6, 6.07) is 6.50. The van der Waals surface area contributed by atoms with Crippen molar-refractivity contribution in [3.63, 3.8) is 0 Å². The lowest BCUT2D eigenvalue weighted by Crippen LogP contribution is -2.48. The Morgan fingerprint density at radius 3 is 2.20 bits per heavy atom. The zero-order valence-corrected chi connectivity index (χ0v) is 18.0. The largest absolute Gasteiger partial charge is 0.497 e. The van der Waals surface area contributed by atoms with Crippen LogP contribution < -0.4 is 25.0 Å². The summed E-state index contributed by atoms with van der Waals surface area (Å²) in [5.41, 5.74) is 1.15. The molecule has 0 unspecified atom stereocenters. The van der Waals surface area contributed by atoms with Gasteiger partial charge in [-0.1, -0.05) is 0 Å². The Bertz CT molecular complexity index is 524. The smallest absolute Gasteiger partial charge is 0.191 e. The summed E-state index contributed by atoms with van der Waals surface area (Å²) in [6.07, 6.45) is 2.15. The van der Waals surface area contributed by atoms with E-state index in [0.29, 0.717) is 6.04 Å². The van der Waals surface area contributed by atoms with E-state index in [0.717, 1.165) is 62.2 Å². The first-order valence-corrected chi connectivity index (χ1v) is 8.73. The van der Waals surface area contributed by atoms with Gasteiger partial charge in [0, 0.05) is 56.1 Å². The number of benzene rings is 1. The first-order chi connectivity index (χ1) is 11.7. The van der Waals surface area contributed by atoms with Crippen molar-refractivity contribution in [1.29, 1.82) is 0 Å². The quantitative estimate of drug-likeness (QED) is 0.387. The molecule has 1 aliphatic heterocycles. The fourth-order valence-corrected chi connectivity index (χ4v) is 2.93. The van der Waals surface area contributed by atoms with Crippen molar-refractivity contribution in [3.8, 4) is 11.5 Å². The molecule has 0 atom stereocenters. The average Bonchev–Trinajstić information content (AvgIpc) is 2.62. The summed E-state index contributed by atoms with van der Waals surface area (Å²) < 4.78 is 10.7. The molecular formula is C18H31IN4O2. The zero-order chi connectivity index (χ0) is 17.4. The number of hydrogen-bond acceptors (Lipinski definition) is 4. The Morgan fingerprint density at radius 1 is 1.12 bits per heavy atom. The highest BCUT2D eigenvalue weighted by molar-refractivity contribution is 14.0. The average molecular weight is 462 g/mol. The van der Waals surface area contributed by atoms with E-state index in [1.807, 2.05) is 6.07 Å². The molecule has 25 heavy (non-hydrogen) atoms. The molecule has 0 bridgehead atoms. The van der Waals surface area contributed by atoms with Crippen LogP contribution in [0.5, 0.6) is 11.5 Å². The van der Waals surface area contributed by atoms with Crippen LogP contribution in [0, 0.1) is 0 Å². The number of hydrogen-bond donors (Lipinski definition) is 2. The highest BCUT2D eigenvalue weighted by Crippen LogP contribution is 2.30. The van der Waals surface area contributed by atoms with E-state index >= 15 is 0 Å². The van der Waals surface area contributed by atoms with Crippen molar-refractivity contribution >= 4 is 35.6 Å². The third-order valence-electron chi connectivity index (χ3n) is 4.20. The lowest BCUT2D eigenvalue weighted by atomic mass is 10.0. The number of halogens is 1. The minimum absolute atomic E-state index is 0. The van der Waals surface area contributed by atoms with Gasteiger partial charge >= 0.3 is 0 Å². The number of rotatable bonds is 6. The van der Waals surface area contributed by atoms with Crippen molar-refractivity contribution in [2.75, 3.05) is 45.3 Å². The second kappa shape index (κ2) is 11.3. The third kappa shape index (κ3) is 6.45. The van der Waals surface area contributed by atoms with Crippen LogP contribution in [0.3, 0.4) is 0 Å². The van der Waals surface area contributed by atoms with Crippen LogP contribution in [-0.4, -0.2) is 52.4 Å². The zero-order valence-electron chi connectivity index (χ0n) is 15.7. The van der Waals surface area contributed by atoms with Gasteiger partial charge in [-0.15, -0.1) is 24.0 Å². The van der Waals surface area contributed by atoms with Crippen LogP contribution in [0.1, 0.15) is 26.7 Å². The predicted octanol–water partition coefficient (Wildman–Crippen LogP) is 2.87. The van der Waals surface area contributed by atoms with Crippen molar-refractivity contribution in [1.82, 2.24) is 10.6 Å². The van der Waals surface area contributed by atoms with Gasteiger partial charge in [0.25, 0.3) is 0 Å². The lowest BCUT2D eigenvalue weighted by molar-refractivity contribution is 0.393. The van der Waals surface area contributed by atoms with Crippen molar-refractivity contribution in [2.24, 2.45) is 4.99 Å². The summed E-state index contributed by atoms with van der Waals surface area (Å²) in [4.78, 5) is 6.86. The Balaban J connectivity index is 0.00000312. The van der Waals surface area contributed by atoms with E-state index in [1.54, 1.807) is 14.2 Å². The van der Waals surface area contributed by atoms with Gasteiger partial charge in [-0.05, 0) is 26.7 Å². The van der Waals surface area contributed by atoms with E-state index in [-0.39, 0.29) is 24.0 Å². The first-order valence-electron chi connectivity index (χ1n) is 8.73. The Kier molecular flexibility index (Phi) is 9.77. The van der Waals surface area contributed by atoms with E-state index in [4.69, 9.17) is 9.47 Å². The summed E-state index contributed by atoms with van der Waals surface area (Å²) in [5, 5.41) is 6.83. The minimum atomic E-state index is 0. The molecule has 0 amide bonds. The Labute approximate surface area is 168 Å². The SMILES string of the molecule is CCN=C(NCC)NC1CCN(c2cc(OC)cc(OC)c2)CC1.I. The van der Waals surface area contributed by atoms with Gasteiger partial charge in [0.05, 0.1) is 14.2 Å². The van der Waals surface area contributed by atoms with Crippen molar-refractivity contribution in [3.05, 3.63) is 18.2 Å². The predicted molar refractivity (Wildman–Crippen MR) is 115 cm³/mol. The first kappa shape index (κ1) is 21.7. The van der Waals surface area contributed by atoms with Crippen LogP contribution >= 0.6 is 24.0 Å². The molecule has 2 rings (SSSR count). The number of nitrogens with one attached hydrogen (secondary N) is 2. The maximum absolute atomic E-state index is 5.37. The molecule has 6 nitrogen and oxygen atoms in total. The minimum Gasteiger partial charge on any atom is -0.497 e. The van der Waals surface area contributed by atoms with Gasteiger partial charge in [-0.2, -0.15) is 0 Å². The molecule has 0 radical (unpaired) electrons. The molecule has 1 heterocycles. The molecule has 1 saturated heterocycles. The third-order valence-corrected chi connectivity index (χ3v) is 4.20.